The average molecular weight is 272 g/mol. The molecule has 0 aliphatic rings. The Kier molecular flexibility index (Phi) is 4.90. The molecular formula is C15H20N4O. The van der Waals surface area contributed by atoms with E-state index in [1.54, 1.807) is 6.07 Å². The van der Waals surface area contributed by atoms with Gasteiger partial charge in [-0.15, -0.1) is 0 Å². The first-order chi connectivity index (χ1) is 9.67. The third-order valence-corrected chi connectivity index (χ3v) is 2.66. The molecule has 1 aromatic carbocycles. The monoisotopic (exact) mass is 272 g/mol. The molecule has 0 aliphatic carbocycles. The Bertz CT molecular complexity index is 540. The van der Waals surface area contributed by atoms with E-state index < -0.39 is 0 Å². The van der Waals surface area contributed by atoms with Crippen molar-refractivity contribution in [3.8, 4) is 5.88 Å². The van der Waals surface area contributed by atoms with E-state index in [2.05, 4.69) is 27.4 Å². The number of ether oxygens (including phenoxy) is 1. The number of rotatable bonds is 6. The van der Waals surface area contributed by atoms with Gasteiger partial charge in [-0.2, -0.15) is 0 Å². The fourth-order valence-corrected chi connectivity index (χ4v) is 1.78. The molecule has 1 heterocycles. The zero-order valence-electron chi connectivity index (χ0n) is 11.8. The molecule has 2 aromatic rings. The van der Waals surface area contributed by atoms with Crippen LogP contribution in [0.3, 0.4) is 0 Å². The van der Waals surface area contributed by atoms with E-state index >= 15 is 0 Å². The predicted molar refractivity (Wildman–Crippen MR) is 80.3 cm³/mol. The third kappa shape index (κ3) is 4.20. The van der Waals surface area contributed by atoms with Crippen LogP contribution in [0.25, 0.3) is 0 Å². The van der Waals surface area contributed by atoms with Crippen molar-refractivity contribution in [3.63, 3.8) is 0 Å². The van der Waals surface area contributed by atoms with Crippen LogP contribution >= 0.6 is 0 Å². The van der Waals surface area contributed by atoms with Gasteiger partial charge in [0.1, 0.15) is 12.1 Å². The van der Waals surface area contributed by atoms with Crippen LogP contribution in [0, 0.1) is 0 Å². The second-order valence-corrected chi connectivity index (χ2v) is 4.77. The fraction of sp³-hybridized carbons (Fsp3) is 0.333. The molecule has 2 rings (SSSR count). The van der Waals surface area contributed by atoms with Gasteiger partial charge in [-0.05, 0) is 44.5 Å². The standard InChI is InChI=1S/C15H20N4O/c1-11(2)20-15-9-14(17-10-18-15)19-13-5-3-12(4-6-13)7-8-16/h3-6,9-11H,7-8,16H2,1-2H3,(H,17,18,19). The first-order valence-electron chi connectivity index (χ1n) is 6.72. The van der Waals surface area contributed by atoms with Crippen molar-refractivity contribution in [2.45, 2.75) is 26.4 Å². The molecule has 20 heavy (non-hydrogen) atoms. The van der Waals surface area contributed by atoms with Crippen LogP contribution in [-0.4, -0.2) is 22.6 Å². The Morgan fingerprint density at radius 1 is 1.20 bits per heavy atom. The van der Waals surface area contributed by atoms with Gasteiger partial charge in [-0.25, -0.2) is 9.97 Å². The molecule has 0 radical (unpaired) electrons. The number of aromatic nitrogens is 2. The van der Waals surface area contributed by atoms with Crippen molar-refractivity contribution in [2.75, 3.05) is 11.9 Å². The van der Waals surface area contributed by atoms with E-state index in [9.17, 15) is 0 Å². The van der Waals surface area contributed by atoms with E-state index in [-0.39, 0.29) is 6.10 Å². The fourth-order valence-electron chi connectivity index (χ4n) is 1.78. The molecule has 1 aromatic heterocycles. The lowest BCUT2D eigenvalue weighted by atomic mass is 10.1. The minimum absolute atomic E-state index is 0.0910. The molecule has 0 atom stereocenters. The largest absolute Gasteiger partial charge is 0.475 e. The summed E-state index contributed by atoms with van der Waals surface area (Å²) in [6.45, 7) is 4.59. The summed E-state index contributed by atoms with van der Waals surface area (Å²) in [7, 11) is 0. The Morgan fingerprint density at radius 3 is 2.60 bits per heavy atom. The minimum Gasteiger partial charge on any atom is -0.475 e. The molecule has 5 heteroatoms. The SMILES string of the molecule is CC(C)Oc1cc(Nc2ccc(CCN)cc2)ncn1. The van der Waals surface area contributed by atoms with Crippen LogP contribution < -0.4 is 15.8 Å². The molecule has 0 spiro atoms. The maximum atomic E-state index is 5.54. The molecule has 106 valence electrons. The van der Waals surface area contributed by atoms with Gasteiger partial charge in [-0.3, -0.25) is 0 Å². The molecule has 0 aliphatic heterocycles. The second kappa shape index (κ2) is 6.86. The van der Waals surface area contributed by atoms with Crippen LogP contribution in [0.4, 0.5) is 11.5 Å². The van der Waals surface area contributed by atoms with Gasteiger partial charge in [0.05, 0.1) is 6.10 Å². The van der Waals surface area contributed by atoms with Crippen LogP contribution in [0.1, 0.15) is 19.4 Å². The molecule has 0 saturated carbocycles. The van der Waals surface area contributed by atoms with Crippen molar-refractivity contribution < 1.29 is 4.74 Å². The Balaban J connectivity index is 2.05. The molecule has 0 amide bonds. The van der Waals surface area contributed by atoms with E-state index in [4.69, 9.17) is 10.5 Å². The maximum absolute atomic E-state index is 5.54. The van der Waals surface area contributed by atoms with Crippen LogP contribution in [0.5, 0.6) is 5.88 Å². The number of nitrogens with one attached hydrogen (secondary N) is 1. The maximum Gasteiger partial charge on any atom is 0.218 e. The number of benzene rings is 1. The van der Waals surface area contributed by atoms with E-state index in [0.717, 1.165) is 12.1 Å². The quantitative estimate of drug-likeness (QED) is 0.845. The zero-order chi connectivity index (χ0) is 14.4. The Hall–Kier alpha value is -2.14. The summed E-state index contributed by atoms with van der Waals surface area (Å²) in [6, 6.07) is 9.92. The lowest BCUT2D eigenvalue weighted by Gasteiger charge is -2.10. The van der Waals surface area contributed by atoms with Gasteiger partial charge >= 0.3 is 0 Å². The molecule has 0 fully saturated rings. The highest BCUT2D eigenvalue weighted by Gasteiger charge is 2.02. The molecule has 0 unspecified atom stereocenters. The topological polar surface area (TPSA) is 73.1 Å². The molecule has 0 saturated heterocycles. The van der Waals surface area contributed by atoms with E-state index in [0.29, 0.717) is 18.2 Å². The van der Waals surface area contributed by atoms with E-state index in [1.807, 2.05) is 26.0 Å². The van der Waals surface area contributed by atoms with Gasteiger partial charge in [0.2, 0.25) is 5.88 Å². The van der Waals surface area contributed by atoms with Crippen molar-refractivity contribution in [1.29, 1.82) is 0 Å². The summed E-state index contributed by atoms with van der Waals surface area (Å²) in [6.07, 6.45) is 2.47. The highest BCUT2D eigenvalue weighted by molar-refractivity contribution is 5.56. The summed E-state index contributed by atoms with van der Waals surface area (Å²) in [4.78, 5) is 8.25. The lowest BCUT2D eigenvalue weighted by Crippen LogP contribution is -2.07. The zero-order valence-corrected chi connectivity index (χ0v) is 11.8. The summed E-state index contributed by atoms with van der Waals surface area (Å²) >= 11 is 0. The predicted octanol–water partition coefficient (Wildman–Crippen LogP) is 2.51. The lowest BCUT2D eigenvalue weighted by molar-refractivity contribution is 0.232. The summed E-state index contributed by atoms with van der Waals surface area (Å²) in [5.41, 5.74) is 7.73. The van der Waals surface area contributed by atoms with Gasteiger partial charge in [0, 0.05) is 11.8 Å². The first-order valence-corrected chi connectivity index (χ1v) is 6.72. The molecule has 0 bridgehead atoms. The second-order valence-electron chi connectivity index (χ2n) is 4.77. The van der Waals surface area contributed by atoms with Crippen LogP contribution in [0.2, 0.25) is 0 Å². The number of hydrogen-bond acceptors (Lipinski definition) is 5. The number of anilines is 2. The van der Waals surface area contributed by atoms with Crippen LogP contribution in [-0.2, 0) is 6.42 Å². The molecule has 3 N–H and O–H groups in total. The van der Waals surface area contributed by atoms with Crippen molar-refractivity contribution in [3.05, 3.63) is 42.2 Å². The third-order valence-electron chi connectivity index (χ3n) is 2.66. The van der Waals surface area contributed by atoms with Gasteiger partial charge in [-0.1, -0.05) is 12.1 Å². The summed E-state index contributed by atoms with van der Waals surface area (Å²) in [5.74, 6) is 1.28. The van der Waals surface area contributed by atoms with Gasteiger partial charge < -0.3 is 15.8 Å². The van der Waals surface area contributed by atoms with Crippen molar-refractivity contribution in [1.82, 2.24) is 9.97 Å². The number of nitrogens with two attached hydrogens (primary N) is 1. The highest BCUT2D eigenvalue weighted by Crippen LogP contribution is 2.18. The van der Waals surface area contributed by atoms with Crippen molar-refractivity contribution >= 4 is 11.5 Å². The summed E-state index contributed by atoms with van der Waals surface area (Å²) in [5, 5.41) is 3.22. The number of nitrogens with zero attached hydrogens (tertiary/aromatic N) is 2. The normalized spacial score (nSPS) is 10.6. The Morgan fingerprint density at radius 2 is 1.95 bits per heavy atom. The van der Waals surface area contributed by atoms with Gasteiger partial charge in [0.25, 0.3) is 0 Å². The molecular weight excluding hydrogens is 252 g/mol. The summed E-state index contributed by atoms with van der Waals surface area (Å²) < 4.78 is 5.54. The smallest absolute Gasteiger partial charge is 0.218 e. The Labute approximate surface area is 119 Å². The first kappa shape index (κ1) is 14.3. The van der Waals surface area contributed by atoms with Gasteiger partial charge in [0.15, 0.2) is 0 Å². The minimum atomic E-state index is 0.0910. The van der Waals surface area contributed by atoms with Crippen LogP contribution in [0.15, 0.2) is 36.7 Å². The number of hydrogen-bond donors (Lipinski definition) is 2. The van der Waals surface area contributed by atoms with E-state index in [1.165, 1.54) is 11.9 Å². The highest BCUT2D eigenvalue weighted by atomic mass is 16.5. The van der Waals surface area contributed by atoms with Crippen molar-refractivity contribution in [2.24, 2.45) is 5.73 Å². The average Bonchev–Trinajstić information content (AvgIpc) is 2.41. The molecule has 5 nitrogen and oxygen atoms in total.